The van der Waals surface area contributed by atoms with E-state index in [2.05, 4.69) is 9.78 Å². The Morgan fingerprint density at radius 3 is 2.38 bits per heavy atom. The Morgan fingerprint density at radius 2 is 1.88 bits per heavy atom. The van der Waals surface area contributed by atoms with Crippen LogP contribution in [-0.2, 0) is 19.4 Å². The van der Waals surface area contributed by atoms with E-state index in [4.69, 9.17) is 11.5 Å². The third kappa shape index (κ3) is 7.19. The number of rotatable bonds is 6. The second-order valence-electron chi connectivity index (χ2n) is 3.99. The van der Waals surface area contributed by atoms with E-state index < -0.39 is 18.0 Å². The van der Waals surface area contributed by atoms with Crippen molar-refractivity contribution in [2.45, 2.75) is 39.2 Å². The average molecular weight is 232 g/mol. The van der Waals surface area contributed by atoms with Crippen LogP contribution in [0, 0.1) is 5.92 Å². The molecule has 6 nitrogen and oxygen atoms in total. The quantitative estimate of drug-likeness (QED) is 0.497. The summed E-state index contributed by atoms with van der Waals surface area (Å²) < 4.78 is 0. The van der Waals surface area contributed by atoms with Crippen molar-refractivity contribution < 1.29 is 19.4 Å². The van der Waals surface area contributed by atoms with Crippen LogP contribution < -0.4 is 11.5 Å². The lowest BCUT2D eigenvalue weighted by Crippen LogP contribution is -2.33. The summed E-state index contributed by atoms with van der Waals surface area (Å²) in [6, 6.07) is -0.796. The fourth-order valence-electron chi connectivity index (χ4n) is 0.972. The Labute approximate surface area is 95.2 Å². The molecule has 0 aliphatic rings. The topological polar surface area (TPSA) is 105 Å². The SMILES string of the molecule is CC(C)CC(=O)OOC(=O)C(N)CCCN. The van der Waals surface area contributed by atoms with Gasteiger partial charge in [-0.1, -0.05) is 13.8 Å². The Kier molecular flexibility index (Phi) is 7.49. The largest absolute Gasteiger partial charge is 0.372 e. The third-order valence-corrected chi connectivity index (χ3v) is 1.81. The monoisotopic (exact) mass is 232 g/mol. The molecule has 0 aliphatic heterocycles. The van der Waals surface area contributed by atoms with E-state index in [9.17, 15) is 9.59 Å². The van der Waals surface area contributed by atoms with E-state index in [1.807, 2.05) is 13.8 Å². The second kappa shape index (κ2) is 8.06. The van der Waals surface area contributed by atoms with Crippen molar-refractivity contribution in [3.8, 4) is 0 Å². The molecule has 0 saturated carbocycles. The molecular formula is C10H20N2O4. The molecule has 6 heteroatoms. The first-order chi connectivity index (χ1) is 7.47. The normalized spacial score (nSPS) is 12.3. The summed E-state index contributed by atoms with van der Waals surface area (Å²) in [5.74, 6) is -1.17. The highest BCUT2D eigenvalue weighted by molar-refractivity contribution is 5.76. The Morgan fingerprint density at radius 1 is 1.25 bits per heavy atom. The van der Waals surface area contributed by atoms with Gasteiger partial charge >= 0.3 is 11.9 Å². The van der Waals surface area contributed by atoms with Gasteiger partial charge in [0, 0.05) is 0 Å². The minimum Gasteiger partial charge on any atom is -0.330 e. The Bertz CT molecular complexity index is 231. The third-order valence-electron chi connectivity index (χ3n) is 1.81. The van der Waals surface area contributed by atoms with Gasteiger partial charge in [-0.25, -0.2) is 19.4 Å². The van der Waals surface area contributed by atoms with Crippen LogP contribution in [0.25, 0.3) is 0 Å². The van der Waals surface area contributed by atoms with Crippen molar-refractivity contribution in [2.24, 2.45) is 17.4 Å². The summed E-state index contributed by atoms with van der Waals surface area (Å²) in [5, 5.41) is 0. The summed E-state index contributed by atoms with van der Waals surface area (Å²) in [7, 11) is 0. The highest BCUT2D eigenvalue weighted by atomic mass is 17.2. The van der Waals surface area contributed by atoms with Gasteiger partial charge in [-0.15, -0.1) is 0 Å². The average Bonchev–Trinajstić information content (AvgIpc) is 2.21. The molecule has 0 heterocycles. The maximum absolute atomic E-state index is 11.2. The van der Waals surface area contributed by atoms with Gasteiger partial charge in [-0.2, -0.15) is 0 Å². The molecular weight excluding hydrogens is 212 g/mol. The number of nitrogens with two attached hydrogens (primary N) is 2. The highest BCUT2D eigenvalue weighted by Gasteiger charge is 2.18. The van der Waals surface area contributed by atoms with E-state index in [1.54, 1.807) is 0 Å². The molecule has 0 amide bonds. The van der Waals surface area contributed by atoms with Crippen molar-refractivity contribution in [3.05, 3.63) is 0 Å². The molecule has 0 aliphatic carbocycles. The van der Waals surface area contributed by atoms with E-state index in [0.717, 1.165) is 0 Å². The van der Waals surface area contributed by atoms with Crippen molar-refractivity contribution in [1.82, 2.24) is 0 Å². The highest BCUT2D eigenvalue weighted by Crippen LogP contribution is 2.02. The lowest BCUT2D eigenvalue weighted by molar-refractivity contribution is -0.260. The van der Waals surface area contributed by atoms with Crippen LogP contribution in [0.3, 0.4) is 0 Å². The molecule has 0 saturated heterocycles. The molecule has 0 rings (SSSR count). The van der Waals surface area contributed by atoms with Crippen molar-refractivity contribution in [3.63, 3.8) is 0 Å². The summed E-state index contributed by atoms with van der Waals surface area (Å²) in [4.78, 5) is 30.8. The summed E-state index contributed by atoms with van der Waals surface area (Å²) in [5.41, 5.74) is 10.7. The van der Waals surface area contributed by atoms with Crippen molar-refractivity contribution >= 4 is 11.9 Å². The van der Waals surface area contributed by atoms with Gasteiger partial charge in [-0.3, -0.25) is 0 Å². The van der Waals surface area contributed by atoms with Gasteiger partial charge in [0.1, 0.15) is 6.04 Å². The predicted octanol–water partition coefficient (Wildman–Crippen LogP) is 0.100. The smallest absolute Gasteiger partial charge is 0.330 e. The van der Waals surface area contributed by atoms with E-state index in [0.29, 0.717) is 19.4 Å². The molecule has 0 radical (unpaired) electrons. The number of hydrogen-bond acceptors (Lipinski definition) is 6. The molecule has 0 bridgehead atoms. The Hall–Kier alpha value is -1.14. The van der Waals surface area contributed by atoms with Gasteiger partial charge in [0.15, 0.2) is 0 Å². The summed E-state index contributed by atoms with van der Waals surface area (Å²) >= 11 is 0. The first-order valence-electron chi connectivity index (χ1n) is 5.34. The van der Waals surface area contributed by atoms with Gasteiger partial charge in [0.25, 0.3) is 0 Å². The van der Waals surface area contributed by atoms with E-state index in [-0.39, 0.29) is 12.3 Å². The van der Waals surface area contributed by atoms with Crippen LogP contribution >= 0.6 is 0 Å². The molecule has 0 spiro atoms. The van der Waals surface area contributed by atoms with Gasteiger partial charge in [0.05, 0.1) is 6.42 Å². The molecule has 0 aromatic rings. The first kappa shape index (κ1) is 14.9. The lowest BCUT2D eigenvalue weighted by atomic mass is 10.1. The zero-order valence-corrected chi connectivity index (χ0v) is 9.77. The van der Waals surface area contributed by atoms with Crippen LogP contribution in [0.2, 0.25) is 0 Å². The lowest BCUT2D eigenvalue weighted by Gasteiger charge is -2.09. The summed E-state index contributed by atoms with van der Waals surface area (Å²) in [6.45, 7) is 4.17. The fraction of sp³-hybridized carbons (Fsp3) is 0.800. The minimum atomic E-state index is -0.796. The molecule has 1 unspecified atom stereocenters. The van der Waals surface area contributed by atoms with Crippen molar-refractivity contribution in [2.75, 3.05) is 6.54 Å². The molecule has 4 N–H and O–H groups in total. The molecule has 1 atom stereocenters. The molecule has 0 fully saturated rings. The van der Waals surface area contributed by atoms with Crippen LogP contribution in [0.15, 0.2) is 0 Å². The van der Waals surface area contributed by atoms with Crippen LogP contribution in [0.1, 0.15) is 33.1 Å². The minimum absolute atomic E-state index is 0.150. The molecule has 16 heavy (non-hydrogen) atoms. The zero-order chi connectivity index (χ0) is 12.6. The van der Waals surface area contributed by atoms with Gasteiger partial charge in [0.2, 0.25) is 0 Å². The van der Waals surface area contributed by atoms with E-state index in [1.165, 1.54) is 0 Å². The number of carbonyl (C=O) groups is 2. The first-order valence-corrected chi connectivity index (χ1v) is 5.34. The fourth-order valence-corrected chi connectivity index (χ4v) is 0.972. The van der Waals surface area contributed by atoms with Crippen molar-refractivity contribution in [1.29, 1.82) is 0 Å². The molecule has 0 aromatic carbocycles. The van der Waals surface area contributed by atoms with E-state index >= 15 is 0 Å². The molecule has 94 valence electrons. The summed E-state index contributed by atoms with van der Waals surface area (Å²) in [6.07, 6.45) is 1.23. The van der Waals surface area contributed by atoms with Crippen LogP contribution in [0.5, 0.6) is 0 Å². The predicted molar refractivity (Wildman–Crippen MR) is 57.9 cm³/mol. The van der Waals surface area contributed by atoms with Gasteiger partial charge < -0.3 is 11.5 Å². The standard InChI is InChI=1S/C10H20N2O4/c1-7(2)6-9(13)15-16-10(14)8(12)4-3-5-11/h7-8H,3-6,11-12H2,1-2H3. The maximum atomic E-state index is 11.2. The maximum Gasteiger partial charge on any atom is 0.372 e. The molecule has 0 aromatic heterocycles. The second-order valence-corrected chi connectivity index (χ2v) is 3.99. The number of carbonyl (C=O) groups excluding carboxylic acids is 2. The van der Waals surface area contributed by atoms with Gasteiger partial charge in [-0.05, 0) is 25.3 Å². The Balaban J connectivity index is 3.75. The van der Waals surface area contributed by atoms with Crippen LogP contribution in [0.4, 0.5) is 0 Å². The zero-order valence-electron chi connectivity index (χ0n) is 9.77. The number of hydrogen-bond donors (Lipinski definition) is 2. The van der Waals surface area contributed by atoms with Crippen LogP contribution in [-0.4, -0.2) is 24.5 Å².